The lowest BCUT2D eigenvalue weighted by Crippen LogP contribution is -2.23. The van der Waals surface area contributed by atoms with Crippen LogP contribution in [0.4, 0.5) is 11.5 Å². The Labute approximate surface area is 222 Å². The molecule has 1 atom stereocenters. The zero-order valence-corrected chi connectivity index (χ0v) is 21.6. The predicted molar refractivity (Wildman–Crippen MR) is 147 cm³/mol. The number of amides is 1. The van der Waals surface area contributed by atoms with Gasteiger partial charge in [-0.1, -0.05) is 54.2 Å². The number of fused-ring (bicyclic) bond motifs is 3. The van der Waals surface area contributed by atoms with Crippen LogP contribution in [0.2, 0.25) is 0 Å². The first-order chi connectivity index (χ1) is 18.4. The number of rotatable bonds is 7. The molecule has 188 valence electrons. The minimum atomic E-state index is -3.81. The molecule has 9 nitrogen and oxygen atoms in total. The van der Waals surface area contributed by atoms with Crippen LogP contribution in [0.3, 0.4) is 0 Å². The van der Waals surface area contributed by atoms with Crippen molar-refractivity contribution in [1.82, 2.24) is 20.2 Å². The number of sulfonamides is 1. The Bertz CT molecular complexity index is 1790. The van der Waals surface area contributed by atoms with Crippen molar-refractivity contribution >= 4 is 50.0 Å². The fourth-order valence-corrected chi connectivity index (χ4v) is 5.98. The topological polar surface area (TPSA) is 127 Å². The monoisotopic (exact) mass is 540 g/mol. The average Bonchev–Trinajstić information content (AvgIpc) is 3.24. The van der Waals surface area contributed by atoms with E-state index in [0.29, 0.717) is 10.8 Å². The van der Waals surface area contributed by atoms with Crippen LogP contribution in [-0.2, 0) is 14.8 Å². The molecule has 0 fully saturated rings. The van der Waals surface area contributed by atoms with Crippen LogP contribution in [-0.4, -0.2) is 39.7 Å². The van der Waals surface area contributed by atoms with Crippen molar-refractivity contribution in [3.63, 3.8) is 0 Å². The molecule has 5 aromatic rings. The summed E-state index contributed by atoms with van der Waals surface area (Å²) < 4.78 is 27.6. The molecule has 11 heteroatoms. The summed E-state index contributed by atoms with van der Waals surface area (Å²) >= 11 is 1.20. The van der Waals surface area contributed by atoms with Gasteiger partial charge in [0.05, 0.1) is 10.1 Å². The second-order valence-electron chi connectivity index (χ2n) is 8.60. The lowest BCUT2D eigenvalue weighted by molar-refractivity contribution is -0.115. The quantitative estimate of drug-likeness (QED) is 0.271. The van der Waals surface area contributed by atoms with E-state index in [2.05, 4.69) is 37.4 Å². The molecule has 38 heavy (non-hydrogen) atoms. The van der Waals surface area contributed by atoms with Crippen LogP contribution in [0, 0.1) is 0 Å². The Morgan fingerprint density at radius 1 is 0.868 bits per heavy atom. The summed E-state index contributed by atoms with van der Waals surface area (Å²) in [5.41, 5.74) is 3.99. The van der Waals surface area contributed by atoms with Crippen molar-refractivity contribution in [2.75, 3.05) is 10.0 Å². The van der Waals surface area contributed by atoms with Crippen LogP contribution in [0.1, 0.15) is 6.92 Å². The van der Waals surface area contributed by atoms with Gasteiger partial charge in [0.1, 0.15) is 17.2 Å². The highest BCUT2D eigenvalue weighted by Crippen LogP contribution is 2.45. The largest absolute Gasteiger partial charge is 0.325 e. The molecule has 0 bridgehead atoms. The highest BCUT2D eigenvalue weighted by atomic mass is 32.2. The van der Waals surface area contributed by atoms with E-state index in [1.54, 1.807) is 25.1 Å². The van der Waals surface area contributed by atoms with Crippen molar-refractivity contribution < 1.29 is 13.2 Å². The minimum Gasteiger partial charge on any atom is -0.325 e. The molecule has 1 aliphatic carbocycles. The van der Waals surface area contributed by atoms with Crippen LogP contribution in [0.15, 0.2) is 95.1 Å². The molecule has 1 unspecified atom stereocenters. The third-order valence-corrected chi connectivity index (χ3v) is 8.39. The number of benzene rings is 3. The number of thioether (sulfide) groups is 1. The molecular formula is C27H20N6O3S2. The van der Waals surface area contributed by atoms with E-state index in [0.717, 1.165) is 33.3 Å². The predicted octanol–water partition coefficient (Wildman–Crippen LogP) is 4.99. The highest BCUT2D eigenvalue weighted by Gasteiger charge is 2.26. The summed E-state index contributed by atoms with van der Waals surface area (Å²) in [7, 11) is -3.81. The zero-order valence-electron chi connectivity index (χ0n) is 20.0. The fraction of sp³-hybridized carbons (Fsp3) is 0.0741. The average molecular weight is 541 g/mol. The number of anilines is 2. The molecule has 0 saturated carbocycles. The molecule has 0 aliphatic heterocycles. The number of nitrogens with zero attached hydrogens (tertiary/aromatic N) is 4. The van der Waals surface area contributed by atoms with E-state index in [9.17, 15) is 13.2 Å². The van der Waals surface area contributed by atoms with Crippen molar-refractivity contribution in [1.29, 1.82) is 0 Å². The first-order valence-corrected chi connectivity index (χ1v) is 14.0. The SMILES string of the molecule is CC(Sc1nnc2c(n1)-c1cccc3cccc-2c13)C(=O)Nc1ccc(S(=O)(=O)Nc2ccccn2)cc1. The number of pyridine rings is 1. The molecule has 0 saturated heterocycles. The summed E-state index contributed by atoms with van der Waals surface area (Å²) in [6, 6.07) is 23.0. The first-order valence-electron chi connectivity index (χ1n) is 11.7. The molecule has 3 aromatic carbocycles. The third-order valence-electron chi connectivity index (χ3n) is 6.07. The van der Waals surface area contributed by atoms with Gasteiger partial charge in [-0.3, -0.25) is 9.52 Å². The van der Waals surface area contributed by atoms with E-state index in [-0.39, 0.29) is 16.6 Å². The van der Waals surface area contributed by atoms with Crippen molar-refractivity contribution in [2.45, 2.75) is 22.2 Å². The maximum Gasteiger partial charge on any atom is 0.263 e. The van der Waals surface area contributed by atoms with Gasteiger partial charge in [0.25, 0.3) is 10.0 Å². The van der Waals surface area contributed by atoms with Crippen LogP contribution < -0.4 is 10.0 Å². The summed E-state index contributed by atoms with van der Waals surface area (Å²) in [5.74, 6) is -0.0498. The maximum atomic E-state index is 12.9. The van der Waals surface area contributed by atoms with Crippen molar-refractivity contribution in [2.24, 2.45) is 0 Å². The van der Waals surface area contributed by atoms with Gasteiger partial charge in [0.2, 0.25) is 11.1 Å². The Morgan fingerprint density at radius 2 is 1.61 bits per heavy atom. The number of carbonyl (C=O) groups excluding carboxylic acids is 1. The normalized spacial score (nSPS) is 12.7. The second kappa shape index (κ2) is 9.51. The molecule has 1 amide bonds. The zero-order chi connectivity index (χ0) is 26.3. The summed E-state index contributed by atoms with van der Waals surface area (Å²) in [6.07, 6.45) is 1.50. The van der Waals surface area contributed by atoms with Crippen molar-refractivity contribution in [3.05, 3.63) is 85.1 Å². The highest BCUT2D eigenvalue weighted by molar-refractivity contribution is 8.00. The number of aromatic nitrogens is 4. The van der Waals surface area contributed by atoms with Gasteiger partial charge >= 0.3 is 0 Å². The molecule has 2 N–H and O–H groups in total. The molecule has 0 radical (unpaired) electrons. The maximum absolute atomic E-state index is 12.9. The van der Waals surface area contributed by atoms with E-state index in [4.69, 9.17) is 4.98 Å². The van der Waals surface area contributed by atoms with E-state index < -0.39 is 15.3 Å². The lowest BCUT2D eigenvalue weighted by Gasteiger charge is -2.12. The van der Waals surface area contributed by atoms with Gasteiger partial charge < -0.3 is 5.32 Å². The molecule has 2 heterocycles. The number of nitrogens with one attached hydrogen (secondary N) is 2. The van der Waals surface area contributed by atoms with Crippen LogP contribution >= 0.6 is 11.8 Å². The molecule has 1 aliphatic rings. The Hall–Kier alpha value is -4.35. The fourth-order valence-electron chi connectivity index (χ4n) is 4.26. The second-order valence-corrected chi connectivity index (χ2v) is 11.6. The Kier molecular flexibility index (Phi) is 6.01. The molecular weight excluding hydrogens is 520 g/mol. The standard InChI is InChI=1S/C27H20N6O3S2/c1-16(26(34)29-18-11-13-19(14-12-18)38(35,36)33-22-10-2-3-15-28-22)37-27-30-24-20-8-4-6-17-7-5-9-21(23(17)20)25(24)31-32-27/h2-16H,1H3,(H,28,33)(H,29,34). The number of hydrogen-bond donors (Lipinski definition) is 2. The van der Waals surface area contributed by atoms with Crippen molar-refractivity contribution in [3.8, 4) is 22.5 Å². The summed E-state index contributed by atoms with van der Waals surface area (Å²) in [5, 5.41) is 13.6. The van der Waals surface area contributed by atoms with Crippen LogP contribution in [0.25, 0.3) is 33.3 Å². The number of hydrogen-bond acceptors (Lipinski definition) is 8. The van der Waals surface area contributed by atoms with E-state index in [1.165, 1.54) is 42.2 Å². The smallest absolute Gasteiger partial charge is 0.263 e. The molecule has 2 aromatic heterocycles. The lowest BCUT2D eigenvalue weighted by atomic mass is 10.0. The van der Waals surface area contributed by atoms with Gasteiger partial charge in [0.15, 0.2) is 0 Å². The van der Waals surface area contributed by atoms with Gasteiger partial charge in [0, 0.05) is 28.4 Å². The van der Waals surface area contributed by atoms with Crippen LogP contribution in [0.5, 0.6) is 0 Å². The van der Waals surface area contributed by atoms with Gasteiger partial charge in [-0.2, -0.15) is 0 Å². The summed E-state index contributed by atoms with van der Waals surface area (Å²) in [6.45, 7) is 1.75. The number of carbonyl (C=O) groups is 1. The molecule has 0 spiro atoms. The van der Waals surface area contributed by atoms with E-state index >= 15 is 0 Å². The Morgan fingerprint density at radius 3 is 2.32 bits per heavy atom. The van der Waals surface area contributed by atoms with Gasteiger partial charge in [-0.15, -0.1) is 10.2 Å². The Balaban J connectivity index is 1.14. The first kappa shape index (κ1) is 24.0. The van der Waals surface area contributed by atoms with Gasteiger partial charge in [-0.25, -0.2) is 18.4 Å². The summed E-state index contributed by atoms with van der Waals surface area (Å²) in [4.78, 5) is 21.6. The third kappa shape index (κ3) is 4.46. The molecule has 6 rings (SSSR count). The van der Waals surface area contributed by atoms with E-state index in [1.807, 2.05) is 24.3 Å². The van der Waals surface area contributed by atoms with Gasteiger partial charge in [-0.05, 0) is 48.7 Å². The minimum absolute atomic E-state index is 0.0530.